The highest BCUT2D eigenvalue weighted by Gasteiger charge is 2.15. The minimum Gasteiger partial charge on any atom is -0.388 e. The molecule has 0 aliphatic heterocycles. The summed E-state index contributed by atoms with van der Waals surface area (Å²) in [6, 6.07) is 7.90. The number of hydrogen-bond donors (Lipinski definition) is 1. The molecule has 1 aromatic heterocycles. The molecular weight excluding hydrogens is 240 g/mol. The number of non-ortho nitro benzene ring substituents is 1. The largest absolute Gasteiger partial charge is 0.388 e. The molecule has 2 aromatic rings. The van der Waals surface area contributed by atoms with E-state index in [1.165, 1.54) is 12.1 Å². The Morgan fingerprint density at radius 2 is 2.29 bits per heavy atom. The fourth-order valence-corrected chi connectivity index (χ4v) is 1.99. The zero-order chi connectivity index (χ0) is 12.4. The number of rotatable bonds is 2. The Labute approximate surface area is 100 Å². The van der Waals surface area contributed by atoms with E-state index in [9.17, 15) is 10.1 Å². The van der Waals surface area contributed by atoms with Crippen LogP contribution in [0.3, 0.4) is 0 Å². The van der Waals surface area contributed by atoms with Crippen LogP contribution in [0.5, 0.6) is 0 Å². The van der Waals surface area contributed by atoms with E-state index in [-0.39, 0.29) is 11.3 Å². The van der Waals surface area contributed by atoms with Gasteiger partial charge in [0.15, 0.2) is 0 Å². The third-order valence-corrected chi connectivity index (χ3v) is 2.84. The molecule has 84 valence electrons. The van der Waals surface area contributed by atoms with Crippen LogP contribution in [-0.4, -0.2) is 9.30 Å². The van der Waals surface area contributed by atoms with Gasteiger partial charge in [-0.3, -0.25) is 10.1 Å². The highest BCUT2D eigenvalue weighted by molar-refractivity contribution is 7.10. The quantitative estimate of drug-likeness (QED) is 0.645. The molecular formula is C10H6N4O2S. The van der Waals surface area contributed by atoms with Crippen molar-refractivity contribution in [3.8, 4) is 17.3 Å². The van der Waals surface area contributed by atoms with Crippen LogP contribution in [0.1, 0.15) is 5.56 Å². The first kappa shape index (κ1) is 11.0. The molecule has 0 radical (unpaired) electrons. The molecule has 0 spiro atoms. The minimum atomic E-state index is -0.495. The lowest BCUT2D eigenvalue weighted by molar-refractivity contribution is -0.384. The molecule has 7 heteroatoms. The molecule has 0 fully saturated rings. The molecule has 1 heterocycles. The van der Waals surface area contributed by atoms with Gasteiger partial charge in [0.2, 0.25) is 0 Å². The van der Waals surface area contributed by atoms with E-state index in [4.69, 9.17) is 11.0 Å². The third kappa shape index (κ3) is 1.93. The maximum atomic E-state index is 10.6. The van der Waals surface area contributed by atoms with Gasteiger partial charge < -0.3 is 5.73 Å². The normalized spacial score (nSPS) is 9.82. The lowest BCUT2D eigenvalue weighted by Crippen LogP contribution is -1.90. The van der Waals surface area contributed by atoms with E-state index < -0.39 is 4.92 Å². The molecule has 6 nitrogen and oxygen atoms in total. The van der Waals surface area contributed by atoms with Gasteiger partial charge in [-0.05, 0) is 11.5 Å². The Kier molecular flexibility index (Phi) is 2.72. The fourth-order valence-electron chi connectivity index (χ4n) is 1.37. The monoisotopic (exact) mass is 246 g/mol. The van der Waals surface area contributed by atoms with E-state index in [1.807, 2.05) is 6.07 Å². The van der Waals surface area contributed by atoms with Gasteiger partial charge in [0, 0.05) is 17.7 Å². The Hall–Kier alpha value is -2.46. The molecule has 0 atom stereocenters. The van der Waals surface area contributed by atoms with E-state index in [0.29, 0.717) is 16.3 Å². The van der Waals surface area contributed by atoms with Gasteiger partial charge in [0.1, 0.15) is 22.3 Å². The summed E-state index contributed by atoms with van der Waals surface area (Å²) in [5, 5.41) is 19.9. The van der Waals surface area contributed by atoms with Crippen LogP contribution < -0.4 is 5.73 Å². The number of nitro benzene ring substituents is 1. The summed E-state index contributed by atoms with van der Waals surface area (Å²) in [4.78, 5) is 10.1. The first-order valence-electron chi connectivity index (χ1n) is 4.53. The zero-order valence-corrected chi connectivity index (χ0v) is 9.27. The van der Waals surface area contributed by atoms with Crippen molar-refractivity contribution in [3.63, 3.8) is 0 Å². The summed E-state index contributed by atoms with van der Waals surface area (Å²) in [7, 11) is 0. The van der Waals surface area contributed by atoms with Crippen LogP contribution in [0, 0.1) is 21.4 Å². The molecule has 0 saturated carbocycles. The van der Waals surface area contributed by atoms with E-state index in [2.05, 4.69) is 4.37 Å². The molecule has 0 amide bonds. The summed E-state index contributed by atoms with van der Waals surface area (Å²) < 4.78 is 4.03. The van der Waals surface area contributed by atoms with Crippen molar-refractivity contribution < 1.29 is 4.92 Å². The smallest absolute Gasteiger partial charge is 0.270 e. The van der Waals surface area contributed by atoms with Gasteiger partial charge in [0.25, 0.3) is 5.69 Å². The van der Waals surface area contributed by atoms with Gasteiger partial charge in [-0.1, -0.05) is 12.1 Å². The highest BCUT2D eigenvalue weighted by atomic mass is 32.1. The second-order valence-electron chi connectivity index (χ2n) is 3.19. The Balaban J connectivity index is 2.57. The van der Waals surface area contributed by atoms with Crippen LogP contribution in [0.4, 0.5) is 10.7 Å². The van der Waals surface area contributed by atoms with Crippen molar-refractivity contribution in [2.75, 3.05) is 5.73 Å². The maximum Gasteiger partial charge on any atom is 0.270 e. The summed E-state index contributed by atoms with van der Waals surface area (Å²) in [5.74, 6) is 0. The molecule has 0 unspecified atom stereocenters. The van der Waals surface area contributed by atoms with Gasteiger partial charge >= 0.3 is 0 Å². The number of nitrogens with zero attached hydrogens (tertiary/aromatic N) is 3. The van der Waals surface area contributed by atoms with E-state index in [1.54, 1.807) is 12.1 Å². The van der Waals surface area contributed by atoms with Crippen LogP contribution in [0.2, 0.25) is 0 Å². The average Bonchev–Trinajstić information content (AvgIpc) is 2.70. The zero-order valence-electron chi connectivity index (χ0n) is 8.45. The molecule has 2 N–H and O–H groups in total. The Morgan fingerprint density at radius 1 is 1.53 bits per heavy atom. The number of anilines is 1. The van der Waals surface area contributed by atoms with Gasteiger partial charge in [-0.25, -0.2) is 0 Å². The molecule has 0 aliphatic rings. The second-order valence-corrected chi connectivity index (χ2v) is 3.99. The van der Waals surface area contributed by atoms with Crippen molar-refractivity contribution >= 4 is 22.2 Å². The molecule has 2 rings (SSSR count). The number of nitrogen functional groups attached to an aromatic ring is 1. The average molecular weight is 246 g/mol. The predicted molar refractivity (Wildman–Crippen MR) is 63.3 cm³/mol. The van der Waals surface area contributed by atoms with Gasteiger partial charge in [0.05, 0.1) is 4.92 Å². The maximum absolute atomic E-state index is 10.6. The van der Waals surface area contributed by atoms with Crippen molar-refractivity contribution in [1.82, 2.24) is 4.37 Å². The van der Waals surface area contributed by atoms with Crippen LogP contribution in [-0.2, 0) is 0 Å². The summed E-state index contributed by atoms with van der Waals surface area (Å²) in [6.07, 6.45) is 0. The highest BCUT2D eigenvalue weighted by Crippen LogP contribution is 2.31. The van der Waals surface area contributed by atoms with Crippen LogP contribution in [0.15, 0.2) is 24.3 Å². The Bertz CT molecular complexity index is 629. The number of nitrogens with two attached hydrogens (primary N) is 1. The lowest BCUT2D eigenvalue weighted by atomic mass is 10.1. The van der Waals surface area contributed by atoms with Crippen LogP contribution in [0.25, 0.3) is 11.3 Å². The topological polar surface area (TPSA) is 106 Å². The van der Waals surface area contributed by atoms with E-state index in [0.717, 1.165) is 11.5 Å². The first-order chi connectivity index (χ1) is 8.13. The summed E-state index contributed by atoms with van der Waals surface area (Å²) >= 11 is 1.00. The lowest BCUT2D eigenvalue weighted by Gasteiger charge is -1.97. The fraction of sp³-hybridized carbons (Fsp3) is 0. The first-order valence-corrected chi connectivity index (χ1v) is 5.31. The third-order valence-electron chi connectivity index (χ3n) is 2.16. The predicted octanol–water partition coefficient (Wildman–Crippen LogP) is 2.17. The molecule has 0 saturated heterocycles. The molecule has 1 aromatic carbocycles. The minimum absolute atomic E-state index is 0.0436. The molecule has 0 aliphatic carbocycles. The number of nitro groups is 1. The SMILES string of the molecule is N#Cc1c(-c2cccc([N+](=O)[O-])c2)nsc1N. The van der Waals surface area contributed by atoms with Crippen molar-refractivity contribution in [1.29, 1.82) is 5.26 Å². The van der Waals surface area contributed by atoms with E-state index >= 15 is 0 Å². The molecule has 17 heavy (non-hydrogen) atoms. The summed E-state index contributed by atoms with van der Waals surface area (Å²) in [6.45, 7) is 0. The Morgan fingerprint density at radius 3 is 2.94 bits per heavy atom. The standard InChI is InChI=1S/C10H6N4O2S/c11-5-8-9(13-17-10(8)12)6-2-1-3-7(4-6)14(15)16/h1-4H,12H2. The number of hydrogen-bond acceptors (Lipinski definition) is 6. The number of nitriles is 1. The van der Waals surface area contributed by atoms with Crippen molar-refractivity contribution in [2.24, 2.45) is 0 Å². The van der Waals surface area contributed by atoms with Crippen LogP contribution >= 0.6 is 11.5 Å². The molecule has 0 bridgehead atoms. The summed E-state index contributed by atoms with van der Waals surface area (Å²) in [5.41, 5.74) is 6.71. The van der Waals surface area contributed by atoms with Gasteiger partial charge in [-0.2, -0.15) is 9.64 Å². The van der Waals surface area contributed by atoms with Gasteiger partial charge in [-0.15, -0.1) is 0 Å². The van der Waals surface area contributed by atoms with Crippen molar-refractivity contribution in [2.45, 2.75) is 0 Å². The second kappa shape index (κ2) is 4.19. The number of benzene rings is 1. The van der Waals surface area contributed by atoms with Crippen molar-refractivity contribution in [3.05, 3.63) is 39.9 Å². The number of aromatic nitrogens is 1.